The molecule has 1 aliphatic heterocycles. The van der Waals surface area contributed by atoms with E-state index in [2.05, 4.69) is 25.7 Å². The van der Waals surface area contributed by atoms with Gasteiger partial charge >= 0.3 is 5.97 Å². The zero-order valence-electron chi connectivity index (χ0n) is 18.0. The summed E-state index contributed by atoms with van der Waals surface area (Å²) in [6.07, 6.45) is 1.30. The number of amides is 1. The maximum Gasteiger partial charge on any atom is 0.321 e. The topological polar surface area (TPSA) is 98.6 Å². The van der Waals surface area contributed by atoms with Crippen LogP contribution in [0.4, 0.5) is 11.6 Å². The highest BCUT2D eigenvalue weighted by Crippen LogP contribution is 2.44. The molecule has 4 rings (SSSR count). The van der Waals surface area contributed by atoms with E-state index in [1.165, 1.54) is 15.5 Å². The number of esters is 1. The first-order valence-electron chi connectivity index (χ1n) is 9.89. The van der Waals surface area contributed by atoms with Crippen molar-refractivity contribution in [3.63, 3.8) is 0 Å². The highest BCUT2D eigenvalue weighted by Gasteiger charge is 2.51. The average Bonchev–Trinajstić information content (AvgIpc) is 3.28. The van der Waals surface area contributed by atoms with E-state index in [9.17, 15) is 18.0 Å². The molecule has 12 heteroatoms. The summed E-state index contributed by atoms with van der Waals surface area (Å²) < 4.78 is 33.0. The maximum absolute atomic E-state index is 13.9. The van der Waals surface area contributed by atoms with E-state index in [0.717, 1.165) is 23.3 Å². The van der Waals surface area contributed by atoms with E-state index in [1.807, 2.05) is 24.3 Å². The molecular formula is C22H18BrCl2N3O5S. The normalized spacial score (nSPS) is 17.7. The largest absolute Gasteiger partial charge is 0.468 e. The highest BCUT2D eigenvalue weighted by atomic mass is 79.9. The van der Waals surface area contributed by atoms with Gasteiger partial charge in [-0.05, 0) is 42.8 Å². The van der Waals surface area contributed by atoms with Crippen LogP contribution in [0.3, 0.4) is 0 Å². The van der Waals surface area contributed by atoms with Crippen molar-refractivity contribution in [1.82, 2.24) is 9.55 Å². The minimum atomic E-state index is -4.18. The Kier molecular flexibility index (Phi) is 6.54. The number of carbonyl (C=O) groups is 2. The first kappa shape index (κ1) is 24.7. The van der Waals surface area contributed by atoms with Gasteiger partial charge in [0.1, 0.15) is 5.54 Å². The monoisotopic (exact) mass is 585 g/mol. The molecule has 1 amide bonds. The van der Waals surface area contributed by atoms with Crippen LogP contribution < -0.4 is 4.90 Å². The molecule has 3 aromatic rings. The molecule has 2 heterocycles. The van der Waals surface area contributed by atoms with E-state index >= 15 is 0 Å². The third-order valence-corrected chi connectivity index (χ3v) is 8.00. The number of anilines is 2. The van der Waals surface area contributed by atoms with Gasteiger partial charge in [-0.2, -0.15) is 0 Å². The lowest BCUT2D eigenvalue weighted by molar-refractivity contribution is -0.137. The van der Waals surface area contributed by atoms with E-state index < -0.39 is 33.0 Å². The Hall–Kier alpha value is -2.40. The number of aromatic nitrogens is 2. The van der Waals surface area contributed by atoms with Gasteiger partial charge in [0.25, 0.3) is 5.91 Å². The average molecular weight is 587 g/mol. The summed E-state index contributed by atoms with van der Waals surface area (Å²) in [6.45, 7) is 1.63. The van der Waals surface area contributed by atoms with Gasteiger partial charge in [-0.25, -0.2) is 18.3 Å². The van der Waals surface area contributed by atoms with Gasteiger partial charge in [0.05, 0.1) is 19.0 Å². The third-order valence-electron chi connectivity index (χ3n) is 5.49. The second kappa shape index (κ2) is 8.99. The minimum Gasteiger partial charge on any atom is -0.468 e. The van der Waals surface area contributed by atoms with Gasteiger partial charge in [-0.15, -0.1) is 0 Å². The summed E-state index contributed by atoms with van der Waals surface area (Å²) in [6, 6.07) is 11.9. The molecule has 0 N–H and O–H groups in total. The van der Waals surface area contributed by atoms with Gasteiger partial charge in [0.2, 0.25) is 15.8 Å². The van der Waals surface area contributed by atoms with E-state index in [4.69, 9.17) is 23.2 Å². The van der Waals surface area contributed by atoms with Crippen molar-refractivity contribution in [2.24, 2.45) is 0 Å². The maximum atomic E-state index is 13.9. The second-order valence-electron chi connectivity index (χ2n) is 7.91. The van der Waals surface area contributed by atoms with Crippen molar-refractivity contribution >= 4 is 72.5 Å². The number of hydrogen-bond donors (Lipinski definition) is 0. The number of sulfone groups is 1. The van der Waals surface area contributed by atoms with Gasteiger partial charge < -0.3 is 4.74 Å². The molecule has 2 aromatic carbocycles. The molecule has 8 nitrogen and oxygen atoms in total. The summed E-state index contributed by atoms with van der Waals surface area (Å²) in [7, 11) is -3.08. The van der Waals surface area contributed by atoms with Crippen molar-refractivity contribution in [1.29, 1.82) is 0 Å². The van der Waals surface area contributed by atoms with E-state index in [-0.39, 0.29) is 17.4 Å². The molecule has 0 saturated carbocycles. The molecule has 1 atom stereocenters. The minimum absolute atomic E-state index is 0.0754. The number of imidazole rings is 1. The summed E-state index contributed by atoms with van der Waals surface area (Å²) in [5.41, 5.74) is -0.251. The van der Waals surface area contributed by atoms with Crippen LogP contribution in [0.15, 0.2) is 58.2 Å². The lowest BCUT2D eigenvalue weighted by atomic mass is 9.92. The van der Waals surface area contributed by atoms with Gasteiger partial charge in [-0.1, -0.05) is 51.3 Å². The molecule has 0 saturated heterocycles. The van der Waals surface area contributed by atoms with E-state index in [0.29, 0.717) is 15.7 Å². The first-order valence-corrected chi connectivity index (χ1v) is 13.1. The Bertz CT molecular complexity index is 1390. The van der Waals surface area contributed by atoms with Gasteiger partial charge in [0.15, 0.2) is 10.8 Å². The first-order chi connectivity index (χ1) is 16.0. The Morgan fingerprint density at radius 3 is 2.35 bits per heavy atom. The smallest absolute Gasteiger partial charge is 0.321 e. The fraction of sp³-hybridized carbons (Fsp3) is 0.227. The zero-order valence-corrected chi connectivity index (χ0v) is 21.9. The lowest BCUT2D eigenvalue weighted by Crippen LogP contribution is -2.42. The Morgan fingerprint density at radius 2 is 1.76 bits per heavy atom. The Labute approximate surface area is 214 Å². The molecular weight excluding hydrogens is 569 g/mol. The molecule has 0 aliphatic carbocycles. The Balaban J connectivity index is 1.92. The van der Waals surface area contributed by atoms with Crippen molar-refractivity contribution in [2.75, 3.05) is 17.8 Å². The van der Waals surface area contributed by atoms with Crippen molar-refractivity contribution < 1.29 is 22.7 Å². The number of rotatable bonds is 6. The van der Waals surface area contributed by atoms with Crippen LogP contribution in [0.5, 0.6) is 0 Å². The standard InChI is InChI=1S/C22H18BrCl2N3O5S/c1-22(10-13-3-5-14(23)6-4-13)20(30)27(17-8-15(24)7-16(25)9-17)21-26-11-18(28(21)22)34(31,32)12-19(29)33-2/h3-9,11H,10,12H2,1-2H3/t22-/m1/s1. The van der Waals surface area contributed by atoms with Crippen molar-refractivity contribution in [2.45, 2.75) is 23.9 Å². The Morgan fingerprint density at radius 1 is 1.15 bits per heavy atom. The van der Waals surface area contributed by atoms with Crippen LogP contribution in [0.2, 0.25) is 10.0 Å². The van der Waals surface area contributed by atoms with Crippen LogP contribution in [0.1, 0.15) is 12.5 Å². The fourth-order valence-corrected chi connectivity index (χ4v) is 6.07. The van der Waals surface area contributed by atoms with Crippen LogP contribution in [-0.4, -0.2) is 42.7 Å². The molecule has 0 unspecified atom stereocenters. The molecule has 0 fully saturated rings. The van der Waals surface area contributed by atoms with Crippen molar-refractivity contribution in [3.05, 3.63) is 68.7 Å². The van der Waals surface area contributed by atoms with Crippen LogP contribution >= 0.6 is 39.1 Å². The summed E-state index contributed by atoms with van der Waals surface area (Å²) >= 11 is 15.7. The summed E-state index contributed by atoms with van der Waals surface area (Å²) in [5.74, 6) is -2.16. The van der Waals surface area contributed by atoms with Crippen LogP contribution in [0, 0.1) is 0 Å². The number of methoxy groups -OCH3 is 1. The molecule has 34 heavy (non-hydrogen) atoms. The second-order valence-corrected chi connectivity index (χ2v) is 11.6. The summed E-state index contributed by atoms with van der Waals surface area (Å²) in [5, 5.41) is 0.332. The number of halogens is 3. The third kappa shape index (κ3) is 4.35. The van der Waals surface area contributed by atoms with Crippen molar-refractivity contribution in [3.8, 4) is 0 Å². The predicted molar refractivity (Wildman–Crippen MR) is 131 cm³/mol. The quantitative estimate of drug-likeness (QED) is 0.393. The number of ether oxygens (including phenoxy) is 1. The van der Waals surface area contributed by atoms with Gasteiger partial charge in [0, 0.05) is 20.9 Å². The zero-order chi connectivity index (χ0) is 24.8. The molecule has 0 spiro atoms. The lowest BCUT2D eigenvalue weighted by Gasteiger charge is -2.26. The molecule has 0 radical (unpaired) electrons. The number of fused-ring (bicyclic) bond motifs is 1. The predicted octanol–water partition coefficient (Wildman–Crippen LogP) is 4.54. The van der Waals surface area contributed by atoms with Crippen LogP contribution in [-0.2, 0) is 36.1 Å². The summed E-state index contributed by atoms with van der Waals surface area (Å²) in [4.78, 5) is 31.2. The van der Waals surface area contributed by atoms with E-state index in [1.54, 1.807) is 19.1 Å². The number of carbonyl (C=O) groups excluding carboxylic acids is 2. The number of nitrogens with zero attached hydrogens (tertiary/aromatic N) is 3. The van der Waals surface area contributed by atoms with Crippen LogP contribution in [0.25, 0.3) is 0 Å². The fourth-order valence-electron chi connectivity index (χ4n) is 3.94. The molecule has 1 aliphatic rings. The molecule has 1 aromatic heterocycles. The molecule has 0 bridgehead atoms. The molecule has 178 valence electrons. The van der Waals surface area contributed by atoms with Gasteiger partial charge in [-0.3, -0.25) is 14.2 Å². The number of benzene rings is 2. The highest BCUT2D eigenvalue weighted by molar-refractivity contribution is 9.10. The number of hydrogen-bond acceptors (Lipinski definition) is 6. The SMILES string of the molecule is COC(=O)CS(=O)(=O)c1cnc2n1[C@](C)(Cc1ccc(Br)cc1)C(=O)N2c1cc(Cl)cc(Cl)c1.